The average molecular weight is 301 g/mol. The topological polar surface area (TPSA) is 69.7 Å². The summed E-state index contributed by atoms with van der Waals surface area (Å²) in [4.78, 5) is 1.97. The molecule has 94 valence electrons. The minimum absolute atomic E-state index is 0.0759. The first-order valence-corrected chi connectivity index (χ1v) is 6.44. The fraction of sp³-hybridized carbons (Fsp3) is 0.500. The number of nitrogens with two attached hydrogens (primary N) is 1. The molecule has 17 heavy (non-hydrogen) atoms. The zero-order valence-corrected chi connectivity index (χ0v) is 11.3. The second-order valence-corrected chi connectivity index (χ2v) is 5.45. The summed E-state index contributed by atoms with van der Waals surface area (Å²) in [6.07, 6.45) is -1.37. The molecule has 1 aliphatic heterocycles. The van der Waals surface area contributed by atoms with Crippen LogP contribution in [0.5, 0.6) is 0 Å². The number of halogens is 1. The summed E-state index contributed by atoms with van der Waals surface area (Å²) in [5.41, 5.74) is 7.93. The van der Waals surface area contributed by atoms with Gasteiger partial charge in [0.2, 0.25) is 0 Å². The van der Waals surface area contributed by atoms with Gasteiger partial charge in [0.15, 0.2) is 0 Å². The van der Waals surface area contributed by atoms with E-state index in [1.165, 1.54) is 0 Å². The van der Waals surface area contributed by atoms with Gasteiger partial charge in [-0.2, -0.15) is 0 Å². The third-order valence-corrected chi connectivity index (χ3v) is 3.58. The van der Waals surface area contributed by atoms with Crippen molar-refractivity contribution in [2.45, 2.75) is 25.2 Å². The number of β-amino-alcohol motifs (C(OH)–C–C–N with tert-alkyl or cyclic N) is 2. The van der Waals surface area contributed by atoms with Gasteiger partial charge in [-0.05, 0) is 24.6 Å². The van der Waals surface area contributed by atoms with E-state index in [-0.39, 0.29) is 6.04 Å². The molecular formula is C12H17BrN2O2. The van der Waals surface area contributed by atoms with E-state index in [1.54, 1.807) is 0 Å². The Hall–Kier alpha value is -0.620. The van der Waals surface area contributed by atoms with E-state index in [2.05, 4.69) is 15.9 Å². The second-order valence-electron chi connectivity index (χ2n) is 4.53. The number of benzene rings is 1. The third kappa shape index (κ3) is 2.63. The van der Waals surface area contributed by atoms with Gasteiger partial charge in [0.25, 0.3) is 0 Å². The van der Waals surface area contributed by atoms with Crippen LogP contribution in [0.15, 0.2) is 22.7 Å². The van der Waals surface area contributed by atoms with Crippen molar-refractivity contribution in [2.75, 3.05) is 18.0 Å². The van der Waals surface area contributed by atoms with Crippen LogP contribution in [-0.4, -0.2) is 35.5 Å². The van der Waals surface area contributed by atoms with E-state index >= 15 is 0 Å². The fourth-order valence-corrected chi connectivity index (χ4v) is 2.49. The molecule has 0 amide bonds. The van der Waals surface area contributed by atoms with Crippen LogP contribution < -0.4 is 10.6 Å². The number of aliphatic hydroxyl groups is 2. The largest absolute Gasteiger partial charge is 0.389 e. The highest BCUT2D eigenvalue weighted by Crippen LogP contribution is 2.31. The Balaban J connectivity index is 2.34. The number of nitrogens with zero attached hydrogens (tertiary/aromatic N) is 1. The highest BCUT2D eigenvalue weighted by Gasteiger charge is 2.31. The van der Waals surface area contributed by atoms with Crippen LogP contribution in [-0.2, 0) is 0 Å². The van der Waals surface area contributed by atoms with Crippen LogP contribution in [0.2, 0.25) is 0 Å². The molecule has 0 spiro atoms. The molecule has 0 radical (unpaired) electrons. The molecule has 0 bridgehead atoms. The maximum atomic E-state index is 9.59. The molecule has 1 aromatic rings. The van der Waals surface area contributed by atoms with E-state index in [0.717, 1.165) is 15.7 Å². The highest BCUT2D eigenvalue weighted by molar-refractivity contribution is 9.10. The molecule has 1 fully saturated rings. The van der Waals surface area contributed by atoms with Crippen LogP contribution in [0.4, 0.5) is 5.69 Å². The van der Waals surface area contributed by atoms with Crippen molar-refractivity contribution >= 4 is 21.6 Å². The number of hydrogen-bond acceptors (Lipinski definition) is 4. The van der Waals surface area contributed by atoms with Crippen molar-refractivity contribution in [3.8, 4) is 0 Å². The predicted molar refractivity (Wildman–Crippen MR) is 71.0 cm³/mol. The van der Waals surface area contributed by atoms with Crippen LogP contribution in [0.25, 0.3) is 0 Å². The maximum Gasteiger partial charge on any atom is 0.0990 e. The van der Waals surface area contributed by atoms with Crippen LogP contribution in [0.3, 0.4) is 0 Å². The van der Waals surface area contributed by atoms with E-state index in [1.807, 2.05) is 30.0 Å². The van der Waals surface area contributed by atoms with Gasteiger partial charge in [0.05, 0.1) is 12.2 Å². The van der Waals surface area contributed by atoms with Crippen molar-refractivity contribution in [3.63, 3.8) is 0 Å². The molecule has 3 atom stereocenters. The van der Waals surface area contributed by atoms with Crippen molar-refractivity contribution < 1.29 is 10.2 Å². The molecule has 1 aliphatic rings. The molecular weight excluding hydrogens is 284 g/mol. The van der Waals surface area contributed by atoms with E-state index in [0.29, 0.717) is 13.1 Å². The van der Waals surface area contributed by atoms with Gasteiger partial charge in [-0.1, -0.05) is 22.0 Å². The Labute approximate surface area is 109 Å². The van der Waals surface area contributed by atoms with Gasteiger partial charge in [0, 0.05) is 29.3 Å². The molecule has 5 heteroatoms. The van der Waals surface area contributed by atoms with Crippen molar-refractivity contribution in [3.05, 3.63) is 28.2 Å². The van der Waals surface area contributed by atoms with Crippen molar-refractivity contribution in [1.82, 2.24) is 0 Å². The first kappa shape index (κ1) is 12.8. The molecule has 1 saturated heterocycles. The molecule has 1 aromatic carbocycles. The van der Waals surface area contributed by atoms with Crippen molar-refractivity contribution in [1.29, 1.82) is 0 Å². The zero-order valence-electron chi connectivity index (χ0n) is 9.68. The van der Waals surface area contributed by atoms with Gasteiger partial charge in [-0.25, -0.2) is 0 Å². The molecule has 2 rings (SSSR count). The molecule has 0 aliphatic carbocycles. The number of hydrogen-bond donors (Lipinski definition) is 3. The summed E-state index contributed by atoms with van der Waals surface area (Å²) in [6, 6.07) is 5.82. The first-order chi connectivity index (χ1) is 7.99. The van der Waals surface area contributed by atoms with E-state index in [4.69, 9.17) is 5.73 Å². The number of anilines is 1. The van der Waals surface area contributed by atoms with Gasteiger partial charge >= 0.3 is 0 Å². The lowest BCUT2D eigenvalue weighted by atomic mass is 10.1. The summed E-state index contributed by atoms with van der Waals surface area (Å²) in [5.74, 6) is 0. The second kappa shape index (κ2) is 4.94. The third-order valence-electron chi connectivity index (χ3n) is 3.08. The van der Waals surface area contributed by atoms with Gasteiger partial charge < -0.3 is 20.8 Å². The lowest BCUT2D eigenvalue weighted by Crippen LogP contribution is -2.24. The molecule has 4 nitrogen and oxygen atoms in total. The minimum atomic E-state index is -0.685. The lowest BCUT2D eigenvalue weighted by Gasteiger charge is -2.23. The Morgan fingerprint density at radius 2 is 1.94 bits per heavy atom. The zero-order chi connectivity index (χ0) is 12.6. The summed E-state index contributed by atoms with van der Waals surface area (Å²) >= 11 is 3.43. The normalized spacial score (nSPS) is 26.3. The molecule has 1 heterocycles. The maximum absolute atomic E-state index is 9.59. The molecule has 0 aromatic heterocycles. The molecule has 4 N–H and O–H groups in total. The number of aliphatic hydroxyl groups excluding tert-OH is 2. The molecule has 0 saturated carbocycles. The Bertz CT molecular complexity index is 401. The monoisotopic (exact) mass is 300 g/mol. The average Bonchev–Trinajstić information content (AvgIpc) is 2.58. The van der Waals surface area contributed by atoms with Gasteiger partial charge in [0.1, 0.15) is 0 Å². The van der Waals surface area contributed by atoms with Crippen molar-refractivity contribution in [2.24, 2.45) is 5.73 Å². The quantitative estimate of drug-likeness (QED) is 0.762. The van der Waals surface area contributed by atoms with Crippen LogP contribution in [0.1, 0.15) is 18.5 Å². The van der Waals surface area contributed by atoms with Gasteiger partial charge in [-0.15, -0.1) is 0 Å². The summed E-state index contributed by atoms with van der Waals surface area (Å²) in [7, 11) is 0. The number of rotatable bonds is 2. The minimum Gasteiger partial charge on any atom is -0.389 e. The predicted octanol–water partition coefficient (Wildman–Crippen LogP) is 1.01. The lowest BCUT2D eigenvalue weighted by molar-refractivity contribution is 0.0572. The summed E-state index contributed by atoms with van der Waals surface area (Å²) < 4.78 is 0.966. The van der Waals surface area contributed by atoms with E-state index < -0.39 is 12.2 Å². The standard InChI is InChI=1S/C12H17BrN2O2/c1-7(14)9-3-2-8(13)4-10(9)15-5-11(16)12(17)6-15/h2-4,7,11-12,16-17H,5-6,14H2,1H3. The van der Waals surface area contributed by atoms with Gasteiger partial charge in [-0.3, -0.25) is 0 Å². The van der Waals surface area contributed by atoms with E-state index in [9.17, 15) is 10.2 Å². The first-order valence-electron chi connectivity index (χ1n) is 5.65. The van der Waals surface area contributed by atoms with Crippen LogP contribution in [0, 0.1) is 0 Å². The SMILES string of the molecule is CC(N)c1ccc(Br)cc1N1CC(O)C(O)C1. The highest BCUT2D eigenvalue weighted by atomic mass is 79.9. The Kier molecular flexibility index (Phi) is 3.73. The smallest absolute Gasteiger partial charge is 0.0990 e. The molecule has 3 unspecified atom stereocenters. The Morgan fingerprint density at radius 1 is 1.35 bits per heavy atom. The van der Waals surface area contributed by atoms with Crippen LogP contribution >= 0.6 is 15.9 Å². The summed E-state index contributed by atoms with van der Waals surface area (Å²) in [6.45, 7) is 2.81. The Morgan fingerprint density at radius 3 is 2.47 bits per heavy atom. The fourth-order valence-electron chi connectivity index (χ4n) is 2.14. The summed E-state index contributed by atoms with van der Waals surface area (Å²) in [5, 5.41) is 19.2.